The summed E-state index contributed by atoms with van der Waals surface area (Å²) in [5.74, 6) is 3.70. The monoisotopic (exact) mass is 337 g/mol. The Bertz CT molecular complexity index is 512. The van der Waals surface area contributed by atoms with Crippen molar-refractivity contribution in [2.45, 2.75) is 45.6 Å². The summed E-state index contributed by atoms with van der Waals surface area (Å²) in [5.41, 5.74) is 2.01. The van der Waals surface area contributed by atoms with E-state index in [1.54, 1.807) is 0 Å². The zero-order chi connectivity index (χ0) is 16.2. The van der Waals surface area contributed by atoms with Crippen molar-refractivity contribution in [1.82, 2.24) is 15.0 Å². The van der Waals surface area contributed by atoms with E-state index in [4.69, 9.17) is 4.52 Å². The smallest absolute Gasteiger partial charge is 0.222 e. The van der Waals surface area contributed by atoms with Crippen molar-refractivity contribution in [2.75, 3.05) is 37.7 Å². The number of rotatable bonds is 4. The minimum Gasteiger partial charge on any atom is -0.361 e. The molecule has 0 aliphatic carbocycles. The highest BCUT2D eigenvalue weighted by Crippen LogP contribution is 2.23. The fraction of sp³-hybridized carbons (Fsp3) is 0.765. The number of nitrogens with zero attached hydrogens (tertiary/aromatic N) is 3. The van der Waals surface area contributed by atoms with Crippen molar-refractivity contribution in [2.24, 2.45) is 0 Å². The predicted molar refractivity (Wildman–Crippen MR) is 92.8 cm³/mol. The number of aryl methyl sites for hydroxylation is 2. The summed E-state index contributed by atoms with van der Waals surface area (Å²) in [5, 5.41) is 3.96. The van der Waals surface area contributed by atoms with Gasteiger partial charge in [-0.15, -0.1) is 0 Å². The van der Waals surface area contributed by atoms with Crippen LogP contribution in [0.2, 0.25) is 0 Å². The van der Waals surface area contributed by atoms with Gasteiger partial charge in [-0.05, 0) is 44.6 Å². The van der Waals surface area contributed by atoms with Gasteiger partial charge in [-0.1, -0.05) is 5.16 Å². The Morgan fingerprint density at radius 2 is 1.91 bits per heavy atom. The first kappa shape index (κ1) is 16.8. The van der Waals surface area contributed by atoms with Crippen molar-refractivity contribution < 1.29 is 9.32 Å². The molecule has 0 unspecified atom stereocenters. The topological polar surface area (TPSA) is 49.6 Å². The molecule has 3 heterocycles. The zero-order valence-electron chi connectivity index (χ0n) is 14.2. The molecule has 0 spiro atoms. The molecule has 0 atom stereocenters. The minimum absolute atomic E-state index is 0.267. The highest BCUT2D eigenvalue weighted by Gasteiger charge is 2.27. The van der Waals surface area contributed by atoms with E-state index in [0.29, 0.717) is 6.42 Å². The van der Waals surface area contributed by atoms with Gasteiger partial charge in [0.15, 0.2) is 0 Å². The maximum absolute atomic E-state index is 12.5. The third-order valence-corrected chi connectivity index (χ3v) is 6.19. The highest BCUT2D eigenvalue weighted by atomic mass is 32.2. The van der Waals surface area contributed by atoms with Crippen LogP contribution in [-0.2, 0) is 11.2 Å². The van der Waals surface area contributed by atoms with Gasteiger partial charge in [0, 0.05) is 44.2 Å². The number of amides is 1. The van der Waals surface area contributed by atoms with Crippen LogP contribution in [0.25, 0.3) is 0 Å². The summed E-state index contributed by atoms with van der Waals surface area (Å²) in [7, 11) is 0. The van der Waals surface area contributed by atoms with Gasteiger partial charge in [0.2, 0.25) is 5.91 Å². The predicted octanol–water partition coefficient (Wildman–Crippen LogP) is 2.26. The maximum Gasteiger partial charge on any atom is 0.222 e. The second kappa shape index (κ2) is 7.71. The Labute approximate surface area is 142 Å². The lowest BCUT2D eigenvalue weighted by Gasteiger charge is -2.40. The van der Waals surface area contributed by atoms with Crippen molar-refractivity contribution >= 4 is 17.7 Å². The van der Waals surface area contributed by atoms with Crippen molar-refractivity contribution in [3.8, 4) is 0 Å². The average molecular weight is 337 g/mol. The molecule has 5 nitrogen and oxygen atoms in total. The molecule has 3 rings (SSSR count). The third kappa shape index (κ3) is 4.10. The third-order valence-electron chi connectivity index (χ3n) is 5.14. The van der Waals surface area contributed by atoms with E-state index < -0.39 is 0 Å². The Hall–Kier alpha value is -1.01. The van der Waals surface area contributed by atoms with Crippen LogP contribution >= 0.6 is 11.8 Å². The molecule has 0 radical (unpaired) electrons. The standard InChI is InChI=1S/C17H27N3O2S/c1-13-16(14(2)22-18-13)3-4-17(21)20-9-7-19(8-10-20)15-5-11-23-12-6-15/h15H,3-12H2,1-2H3. The van der Waals surface area contributed by atoms with Crippen LogP contribution in [0, 0.1) is 13.8 Å². The van der Waals surface area contributed by atoms with E-state index >= 15 is 0 Å². The number of carbonyl (C=O) groups excluding carboxylic acids is 1. The zero-order valence-corrected chi connectivity index (χ0v) is 15.0. The van der Waals surface area contributed by atoms with Gasteiger partial charge in [-0.25, -0.2) is 0 Å². The first-order valence-corrected chi connectivity index (χ1v) is 9.82. The van der Waals surface area contributed by atoms with Crippen molar-refractivity contribution in [1.29, 1.82) is 0 Å². The van der Waals surface area contributed by atoms with Gasteiger partial charge in [-0.3, -0.25) is 9.69 Å². The van der Waals surface area contributed by atoms with Crippen LogP contribution in [0.4, 0.5) is 0 Å². The van der Waals surface area contributed by atoms with E-state index in [0.717, 1.165) is 55.7 Å². The van der Waals surface area contributed by atoms with Crippen LogP contribution in [-0.4, -0.2) is 64.6 Å². The molecule has 0 aromatic carbocycles. The van der Waals surface area contributed by atoms with E-state index in [2.05, 4.69) is 21.8 Å². The van der Waals surface area contributed by atoms with E-state index in [1.165, 1.54) is 24.3 Å². The summed E-state index contributed by atoms with van der Waals surface area (Å²) in [6.45, 7) is 7.69. The Kier molecular flexibility index (Phi) is 5.64. The second-order valence-electron chi connectivity index (χ2n) is 6.56. The lowest BCUT2D eigenvalue weighted by molar-refractivity contribution is -0.133. The molecule has 2 aliphatic rings. The largest absolute Gasteiger partial charge is 0.361 e. The molecule has 2 fully saturated rings. The van der Waals surface area contributed by atoms with E-state index in [9.17, 15) is 4.79 Å². The summed E-state index contributed by atoms with van der Waals surface area (Å²) >= 11 is 2.07. The van der Waals surface area contributed by atoms with Crippen molar-refractivity contribution in [3.63, 3.8) is 0 Å². The SMILES string of the molecule is Cc1noc(C)c1CCC(=O)N1CCN(C2CCSCC2)CC1. The fourth-order valence-electron chi connectivity index (χ4n) is 3.64. The van der Waals surface area contributed by atoms with Gasteiger partial charge in [-0.2, -0.15) is 11.8 Å². The Morgan fingerprint density at radius 3 is 2.52 bits per heavy atom. The lowest BCUT2D eigenvalue weighted by atomic mass is 10.1. The summed E-state index contributed by atoms with van der Waals surface area (Å²) in [4.78, 5) is 17.1. The van der Waals surface area contributed by atoms with Crippen LogP contribution in [0.5, 0.6) is 0 Å². The van der Waals surface area contributed by atoms with Gasteiger partial charge in [0.05, 0.1) is 5.69 Å². The fourth-order valence-corrected chi connectivity index (χ4v) is 4.72. The number of aromatic nitrogens is 1. The molecule has 0 bridgehead atoms. The highest BCUT2D eigenvalue weighted by molar-refractivity contribution is 7.99. The number of hydrogen-bond acceptors (Lipinski definition) is 5. The Morgan fingerprint density at radius 1 is 1.22 bits per heavy atom. The number of hydrogen-bond donors (Lipinski definition) is 0. The van der Waals surface area contributed by atoms with E-state index in [1.807, 2.05) is 18.7 Å². The molecule has 1 amide bonds. The molecule has 2 saturated heterocycles. The van der Waals surface area contributed by atoms with E-state index in [-0.39, 0.29) is 5.91 Å². The summed E-state index contributed by atoms with van der Waals surface area (Å²) in [6.07, 6.45) is 3.92. The van der Waals surface area contributed by atoms with Gasteiger partial charge < -0.3 is 9.42 Å². The molecule has 23 heavy (non-hydrogen) atoms. The van der Waals surface area contributed by atoms with Crippen LogP contribution in [0.3, 0.4) is 0 Å². The molecule has 1 aromatic heterocycles. The molecule has 128 valence electrons. The summed E-state index contributed by atoms with van der Waals surface area (Å²) < 4.78 is 5.17. The van der Waals surface area contributed by atoms with Crippen LogP contribution in [0.15, 0.2) is 4.52 Å². The normalized spacial score (nSPS) is 20.9. The molecule has 0 saturated carbocycles. The molecular formula is C17H27N3O2S. The first-order valence-electron chi connectivity index (χ1n) is 8.66. The van der Waals surface area contributed by atoms with Gasteiger partial charge >= 0.3 is 0 Å². The molecular weight excluding hydrogens is 310 g/mol. The van der Waals surface area contributed by atoms with Crippen LogP contribution in [0.1, 0.15) is 36.3 Å². The maximum atomic E-state index is 12.5. The minimum atomic E-state index is 0.267. The summed E-state index contributed by atoms with van der Waals surface area (Å²) in [6, 6.07) is 0.746. The Balaban J connectivity index is 1.44. The van der Waals surface area contributed by atoms with Crippen molar-refractivity contribution in [3.05, 3.63) is 17.0 Å². The lowest BCUT2D eigenvalue weighted by Crippen LogP contribution is -2.52. The molecule has 6 heteroatoms. The number of thioether (sulfide) groups is 1. The number of piperazine rings is 1. The quantitative estimate of drug-likeness (QED) is 0.843. The van der Waals surface area contributed by atoms with Gasteiger partial charge in [0.1, 0.15) is 5.76 Å². The number of carbonyl (C=O) groups is 1. The van der Waals surface area contributed by atoms with Crippen LogP contribution < -0.4 is 0 Å². The molecule has 0 N–H and O–H groups in total. The first-order chi connectivity index (χ1) is 11.1. The second-order valence-corrected chi connectivity index (χ2v) is 7.79. The van der Waals surface area contributed by atoms with Gasteiger partial charge in [0.25, 0.3) is 0 Å². The molecule has 2 aliphatic heterocycles. The molecule has 1 aromatic rings. The average Bonchev–Trinajstić information content (AvgIpc) is 2.92.